The lowest BCUT2D eigenvalue weighted by Gasteiger charge is -2.29. The van der Waals surface area contributed by atoms with Gasteiger partial charge in [-0.3, -0.25) is 4.79 Å². The molecule has 0 aliphatic carbocycles. The van der Waals surface area contributed by atoms with E-state index in [2.05, 4.69) is 5.32 Å². The van der Waals surface area contributed by atoms with E-state index in [-0.39, 0.29) is 29.5 Å². The fraction of sp³-hybridized carbons (Fsp3) is 0.414. The number of sulfone groups is 1. The van der Waals surface area contributed by atoms with Gasteiger partial charge in [-0.25, -0.2) is 17.9 Å². The van der Waals surface area contributed by atoms with Gasteiger partial charge in [-0.15, -0.1) is 0 Å². The van der Waals surface area contributed by atoms with E-state index in [1.54, 1.807) is 54.6 Å². The second kappa shape index (κ2) is 11.1. The highest BCUT2D eigenvalue weighted by Crippen LogP contribution is 2.48. The summed E-state index contributed by atoms with van der Waals surface area (Å²) in [5.74, 6) is -0.319. The minimum atomic E-state index is -3.87. The maximum atomic E-state index is 14.1. The van der Waals surface area contributed by atoms with E-state index in [0.29, 0.717) is 49.5 Å². The average molecular weight is 567 g/mol. The second-order valence-electron chi connectivity index (χ2n) is 10.9. The van der Waals surface area contributed by atoms with Gasteiger partial charge >= 0.3 is 6.09 Å². The zero-order chi connectivity index (χ0) is 28.5. The SMILES string of the molecule is CC(C)(C)OC(=O)NCCCC1c2c(C(=O)N3CCOCC3)nn(-c3ccccc3)c2-c2ccccc2S1(=O)=O. The molecule has 0 spiro atoms. The van der Waals surface area contributed by atoms with E-state index < -0.39 is 26.8 Å². The van der Waals surface area contributed by atoms with Crippen molar-refractivity contribution >= 4 is 21.8 Å². The van der Waals surface area contributed by atoms with Crippen LogP contribution < -0.4 is 5.32 Å². The van der Waals surface area contributed by atoms with Crippen LogP contribution in [0, 0.1) is 0 Å². The van der Waals surface area contributed by atoms with Crippen LogP contribution in [0.2, 0.25) is 0 Å². The summed E-state index contributed by atoms with van der Waals surface area (Å²) in [6.45, 7) is 7.17. The summed E-state index contributed by atoms with van der Waals surface area (Å²) in [6.07, 6.45) is -0.0272. The van der Waals surface area contributed by atoms with E-state index in [4.69, 9.17) is 14.6 Å². The third-order valence-electron chi connectivity index (χ3n) is 6.88. The van der Waals surface area contributed by atoms with Gasteiger partial charge in [0.25, 0.3) is 5.91 Å². The van der Waals surface area contributed by atoms with Crippen molar-refractivity contribution in [2.45, 2.75) is 49.4 Å². The van der Waals surface area contributed by atoms with Crippen molar-refractivity contribution in [3.8, 4) is 16.9 Å². The fourth-order valence-corrected chi connectivity index (χ4v) is 7.19. The van der Waals surface area contributed by atoms with Gasteiger partial charge in [0, 0.05) is 30.8 Å². The molecule has 1 atom stereocenters. The van der Waals surface area contributed by atoms with Crippen molar-refractivity contribution in [3.63, 3.8) is 0 Å². The van der Waals surface area contributed by atoms with Gasteiger partial charge in [0.2, 0.25) is 0 Å². The summed E-state index contributed by atoms with van der Waals surface area (Å²) in [4.78, 5) is 27.9. The zero-order valence-electron chi connectivity index (χ0n) is 22.9. The smallest absolute Gasteiger partial charge is 0.407 e. The molecule has 0 bridgehead atoms. The molecule has 1 fully saturated rings. The maximum Gasteiger partial charge on any atom is 0.407 e. The van der Waals surface area contributed by atoms with Gasteiger partial charge in [0.15, 0.2) is 15.5 Å². The molecular weight excluding hydrogens is 532 g/mol. The highest BCUT2D eigenvalue weighted by atomic mass is 32.2. The Balaban J connectivity index is 1.58. The first-order valence-electron chi connectivity index (χ1n) is 13.4. The molecule has 2 aromatic carbocycles. The minimum Gasteiger partial charge on any atom is -0.444 e. The topological polar surface area (TPSA) is 120 Å². The Labute approximate surface area is 234 Å². The highest BCUT2D eigenvalue weighted by Gasteiger charge is 2.44. The highest BCUT2D eigenvalue weighted by molar-refractivity contribution is 7.92. The summed E-state index contributed by atoms with van der Waals surface area (Å²) in [7, 11) is -3.87. The van der Waals surface area contributed by atoms with Crippen molar-refractivity contribution in [2.24, 2.45) is 0 Å². The fourth-order valence-electron chi connectivity index (χ4n) is 5.13. The zero-order valence-corrected chi connectivity index (χ0v) is 23.7. The standard InChI is InChI=1S/C29H34N4O6S/c1-29(2,3)39-28(35)30-15-9-14-23-24-25(27(34)32-16-18-38-19-17-32)31-33(20-10-5-4-6-11-20)26(24)21-12-7-8-13-22(21)40(23,36)37/h4-8,10-13,23H,9,14-19H2,1-3H3,(H,30,35). The lowest BCUT2D eigenvalue weighted by Crippen LogP contribution is -2.41. The Morgan fingerprint density at radius 2 is 1.73 bits per heavy atom. The van der Waals surface area contributed by atoms with Crippen LogP contribution in [0.3, 0.4) is 0 Å². The van der Waals surface area contributed by atoms with Gasteiger partial charge in [-0.2, -0.15) is 5.10 Å². The molecular formula is C29H34N4O6S. The van der Waals surface area contributed by atoms with Crippen LogP contribution in [-0.2, 0) is 19.3 Å². The Morgan fingerprint density at radius 1 is 1.05 bits per heavy atom. The van der Waals surface area contributed by atoms with Gasteiger partial charge in [0.1, 0.15) is 5.60 Å². The van der Waals surface area contributed by atoms with Gasteiger partial charge in [0.05, 0.1) is 34.7 Å². The summed E-state index contributed by atoms with van der Waals surface area (Å²) >= 11 is 0. The molecule has 1 aromatic heterocycles. The van der Waals surface area contributed by atoms with Crippen molar-refractivity contribution < 1.29 is 27.5 Å². The van der Waals surface area contributed by atoms with E-state index in [0.717, 1.165) is 5.69 Å². The molecule has 1 unspecified atom stereocenters. The number of amides is 2. The summed E-state index contributed by atoms with van der Waals surface area (Å²) in [5.41, 5.74) is 1.71. The van der Waals surface area contributed by atoms with Gasteiger partial charge in [-0.1, -0.05) is 36.4 Å². The van der Waals surface area contributed by atoms with Crippen LogP contribution in [0.4, 0.5) is 4.79 Å². The molecule has 3 heterocycles. The molecule has 3 aromatic rings. The third-order valence-corrected chi connectivity index (χ3v) is 9.07. The number of carbonyl (C=O) groups excluding carboxylic acids is 2. The van der Waals surface area contributed by atoms with Crippen LogP contribution in [0.5, 0.6) is 0 Å². The van der Waals surface area contributed by atoms with Crippen LogP contribution in [-0.4, -0.2) is 73.5 Å². The van der Waals surface area contributed by atoms with Gasteiger partial charge < -0.3 is 19.7 Å². The number of fused-ring (bicyclic) bond motifs is 3. The number of benzene rings is 2. The van der Waals surface area contributed by atoms with Crippen molar-refractivity contribution in [1.82, 2.24) is 20.0 Å². The molecule has 0 saturated carbocycles. The number of rotatable bonds is 6. The molecule has 1 saturated heterocycles. The van der Waals surface area contributed by atoms with Crippen molar-refractivity contribution in [2.75, 3.05) is 32.8 Å². The summed E-state index contributed by atoms with van der Waals surface area (Å²) < 4.78 is 40.6. The molecule has 40 heavy (non-hydrogen) atoms. The molecule has 1 N–H and O–H groups in total. The van der Waals surface area contributed by atoms with Crippen LogP contribution in [0.1, 0.15) is 54.9 Å². The van der Waals surface area contributed by atoms with E-state index >= 15 is 0 Å². The Bertz CT molecular complexity index is 1500. The van der Waals surface area contributed by atoms with Crippen LogP contribution in [0.25, 0.3) is 16.9 Å². The monoisotopic (exact) mass is 566 g/mol. The third kappa shape index (κ3) is 5.48. The molecule has 2 aliphatic heterocycles. The molecule has 10 nitrogen and oxygen atoms in total. The Morgan fingerprint density at radius 3 is 2.42 bits per heavy atom. The first kappa shape index (κ1) is 27.9. The minimum absolute atomic E-state index is 0.129. The lowest BCUT2D eigenvalue weighted by atomic mass is 9.98. The number of nitrogens with one attached hydrogen (secondary N) is 1. The molecule has 212 valence electrons. The van der Waals surface area contributed by atoms with E-state index in [9.17, 15) is 18.0 Å². The summed E-state index contributed by atoms with van der Waals surface area (Å²) in [5, 5.41) is 6.46. The largest absolute Gasteiger partial charge is 0.444 e. The van der Waals surface area contributed by atoms with E-state index in [1.165, 1.54) is 0 Å². The molecule has 2 aliphatic rings. The van der Waals surface area contributed by atoms with Crippen molar-refractivity contribution in [3.05, 3.63) is 65.9 Å². The predicted octanol–water partition coefficient (Wildman–Crippen LogP) is 4.15. The number of hydrogen-bond donors (Lipinski definition) is 1. The summed E-state index contributed by atoms with van der Waals surface area (Å²) in [6, 6.07) is 16.2. The molecule has 5 rings (SSSR count). The normalized spacial score (nSPS) is 18.0. The van der Waals surface area contributed by atoms with Gasteiger partial charge in [-0.05, 0) is 51.8 Å². The molecule has 0 radical (unpaired) electrons. The number of nitrogens with zero attached hydrogens (tertiary/aromatic N) is 3. The molecule has 2 amide bonds. The first-order valence-corrected chi connectivity index (χ1v) is 15.0. The lowest BCUT2D eigenvalue weighted by molar-refractivity contribution is 0.0298. The van der Waals surface area contributed by atoms with Crippen LogP contribution >= 0.6 is 0 Å². The number of morpholine rings is 1. The number of hydrogen-bond acceptors (Lipinski definition) is 7. The predicted molar refractivity (Wildman–Crippen MR) is 149 cm³/mol. The van der Waals surface area contributed by atoms with E-state index in [1.807, 2.05) is 30.3 Å². The maximum absolute atomic E-state index is 14.1. The number of carbonyl (C=O) groups is 2. The van der Waals surface area contributed by atoms with Crippen LogP contribution in [0.15, 0.2) is 59.5 Å². The number of para-hydroxylation sites is 1. The quantitative estimate of drug-likeness (QED) is 0.445. The Hall–Kier alpha value is -3.70. The number of alkyl carbamates (subject to hydrolysis) is 1. The average Bonchev–Trinajstić information content (AvgIpc) is 3.32. The molecule has 11 heteroatoms. The Kier molecular flexibility index (Phi) is 7.70. The second-order valence-corrected chi connectivity index (χ2v) is 13.0. The van der Waals surface area contributed by atoms with Crippen molar-refractivity contribution in [1.29, 1.82) is 0 Å². The number of aromatic nitrogens is 2. The number of ether oxygens (including phenoxy) is 2. The first-order chi connectivity index (χ1) is 19.1.